The summed E-state index contributed by atoms with van der Waals surface area (Å²) in [5, 5.41) is 0.551. The maximum atomic E-state index is 12.6. The number of ether oxygens (including phenoxy) is 1. The van der Waals surface area contributed by atoms with Gasteiger partial charge in [-0.1, -0.05) is 0 Å². The van der Waals surface area contributed by atoms with Crippen molar-refractivity contribution >= 4 is 27.5 Å². The summed E-state index contributed by atoms with van der Waals surface area (Å²) >= 11 is 1.48. The first-order valence-corrected chi connectivity index (χ1v) is 7.28. The Morgan fingerprint density at radius 1 is 1.45 bits per heavy atom. The lowest BCUT2D eigenvalue weighted by molar-refractivity contribution is -0.152. The Morgan fingerprint density at radius 3 is 2.70 bits per heavy atom. The van der Waals surface area contributed by atoms with Gasteiger partial charge < -0.3 is 4.74 Å². The van der Waals surface area contributed by atoms with Crippen LogP contribution in [0.4, 0.5) is 0 Å². The monoisotopic (exact) mass is 294 g/mol. The van der Waals surface area contributed by atoms with E-state index >= 15 is 0 Å². The number of carbonyl (C=O) groups is 1. The zero-order valence-corrected chi connectivity index (χ0v) is 13.1. The van der Waals surface area contributed by atoms with Gasteiger partial charge in [-0.2, -0.15) is 0 Å². The van der Waals surface area contributed by atoms with Gasteiger partial charge in [0.05, 0.1) is 12.0 Å². The van der Waals surface area contributed by atoms with Gasteiger partial charge in [0.15, 0.2) is 0 Å². The average molecular weight is 294 g/mol. The van der Waals surface area contributed by atoms with E-state index in [4.69, 9.17) is 4.74 Å². The Bertz CT molecular complexity index is 728. The van der Waals surface area contributed by atoms with Crippen LogP contribution in [0.25, 0.3) is 10.2 Å². The minimum Gasteiger partial charge on any atom is -0.464 e. The van der Waals surface area contributed by atoms with Crippen LogP contribution in [0.3, 0.4) is 0 Å². The fourth-order valence-electron chi connectivity index (χ4n) is 2.26. The van der Waals surface area contributed by atoms with E-state index in [1.54, 1.807) is 27.7 Å². The SMILES string of the molecule is CCOC(=O)C(C)(C)n1c(C)nc2sc(C)cc2c1=O. The van der Waals surface area contributed by atoms with Gasteiger partial charge in [-0.3, -0.25) is 9.36 Å². The molecule has 2 aromatic heterocycles. The van der Waals surface area contributed by atoms with E-state index in [-0.39, 0.29) is 12.2 Å². The topological polar surface area (TPSA) is 61.2 Å². The molecule has 0 atom stereocenters. The third-order valence-electron chi connectivity index (χ3n) is 3.19. The van der Waals surface area contributed by atoms with Crippen LogP contribution in [0.15, 0.2) is 10.9 Å². The van der Waals surface area contributed by atoms with Crippen molar-refractivity contribution in [2.45, 2.75) is 40.2 Å². The number of hydrogen-bond acceptors (Lipinski definition) is 5. The van der Waals surface area contributed by atoms with E-state index in [0.717, 1.165) is 4.88 Å². The van der Waals surface area contributed by atoms with Crippen LogP contribution < -0.4 is 5.56 Å². The Hall–Kier alpha value is -1.69. The normalized spacial score (nSPS) is 11.8. The van der Waals surface area contributed by atoms with E-state index < -0.39 is 11.5 Å². The van der Waals surface area contributed by atoms with Gasteiger partial charge in [0.1, 0.15) is 16.2 Å². The minimum atomic E-state index is -1.08. The molecule has 0 spiro atoms. The molecule has 0 bridgehead atoms. The van der Waals surface area contributed by atoms with Crippen molar-refractivity contribution in [3.63, 3.8) is 0 Å². The summed E-state index contributed by atoms with van der Waals surface area (Å²) in [7, 11) is 0. The second-order valence-electron chi connectivity index (χ2n) is 5.15. The van der Waals surface area contributed by atoms with Gasteiger partial charge in [0.2, 0.25) is 0 Å². The number of fused-ring (bicyclic) bond motifs is 1. The van der Waals surface area contributed by atoms with Gasteiger partial charge in [0.25, 0.3) is 5.56 Å². The van der Waals surface area contributed by atoms with Gasteiger partial charge in [-0.05, 0) is 40.7 Å². The van der Waals surface area contributed by atoms with Crippen LogP contribution in [-0.4, -0.2) is 22.1 Å². The van der Waals surface area contributed by atoms with Crippen LogP contribution >= 0.6 is 11.3 Å². The van der Waals surface area contributed by atoms with Crippen LogP contribution in [-0.2, 0) is 15.1 Å². The molecule has 2 aromatic rings. The molecule has 0 fully saturated rings. The molecule has 0 amide bonds. The van der Waals surface area contributed by atoms with E-state index in [9.17, 15) is 9.59 Å². The highest BCUT2D eigenvalue weighted by atomic mass is 32.1. The maximum Gasteiger partial charge on any atom is 0.331 e. The number of thiophene rings is 1. The first kappa shape index (κ1) is 14.7. The summed E-state index contributed by atoms with van der Waals surface area (Å²) in [6.45, 7) is 9.04. The second-order valence-corrected chi connectivity index (χ2v) is 6.39. The number of esters is 1. The molecule has 108 valence electrons. The van der Waals surface area contributed by atoms with Crippen LogP contribution in [0.2, 0.25) is 0 Å². The van der Waals surface area contributed by atoms with Crippen LogP contribution in [0.1, 0.15) is 31.5 Å². The lowest BCUT2D eigenvalue weighted by Gasteiger charge is -2.26. The summed E-state index contributed by atoms with van der Waals surface area (Å²) in [6.07, 6.45) is 0. The standard InChI is InChI=1S/C14H18N2O3S/c1-6-19-13(18)14(4,5)16-9(3)15-11-10(12(16)17)7-8(2)20-11/h7H,6H2,1-5H3. The van der Waals surface area contributed by atoms with Gasteiger partial charge in [0, 0.05) is 4.88 Å². The third-order valence-corrected chi connectivity index (χ3v) is 4.13. The third kappa shape index (κ3) is 2.24. The van der Waals surface area contributed by atoms with Gasteiger partial charge >= 0.3 is 5.97 Å². The number of aromatic nitrogens is 2. The van der Waals surface area contributed by atoms with Gasteiger partial charge in [-0.15, -0.1) is 11.3 Å². The molecule has 2 rings (SSSR count). The minimum absolute atomic E-state index is 0.199. The van der Waals surface area contributed by atoms with Crippen LogP contribution in [0, 0.1) is 13.8 Å². The average Bonchev–Trinajstić information content (AvgIpc) is 2.70. The summed E-state index contributed by atoms with van der Waals surface area (Å²) in [4.78, 5) is 30.9. The molecule has 6 heteroatoms. The van der Waals surface area contributed by atoms with E-state index in [2.05, 4.69) is 4.98 Å². The second kappa shape index (κ2) is 5.01. The number of hydrogen-bond donors (Lipinski definition) is 0. The molecule has 0 N–H and O–H groups in total. The molecular formula is C14H18N2O3S. The Morgan fingerprint density at radius 2 is 2.10 bits per heavy atom. The molecule has 0 aliphatic carbocycles. The zero-order chi connectivity index (χ0) is 15.1. The molecule has 0 radical (unpaired) electrons. The van der Waals surface area contributed by atoms with Gasteiger partial charge in [-0.25, -0.2) is 9.78 Å². The molecule has 2 heterocycles. The predicted molar refractivity (Wildman–Crippen MR) is 79.3 cm³/mol. The molecule has 0 aromatic carbocycles. The number of nitrogens with zero attached hydrogens (tertiary/aromatic N) is 2. The summed E-state index contributed by atoms with van der Waals surface area (Å²) in [6, 6.07) is 1.81. The summed E-state index contributed by atoms with van der Waals surface area (Å²) in [5.41, 5.74) is -1.27. The van der Waals surface area contributed by atoms with Crippen molar-refractivity contribution in [1.29, 1.82) is 0 Å². The fraction of sp³-hybridized carbons (Fsp3) is 0.500. The van der Waals surface area contributed by atoms with Crippen LogP contribution in [0.5, 0.6) is 0 Å². The number of rotatable bonds is 3. The molecule has 0 aliphatic rings. The quantitative estimate of drug-likeness (QED) is 0.815. The number of carbonyl (C=O) groups excluding carboxylic acids is 1. The molecule has 20 heavy (non-hydrogen) atoms. The first-order chi connectivity index (χ1) is 9.28. The van der Waals surface area contributed by atoms with Crippen molar-refractivity contribution in [3.05, 3.63) is 27.1 Å². The van der Waals surface area contributed by atoms with Crippen molar-refractivity contribution in [2.75, 3.05) is 6.61 Å². The Kier molecular flexibility index (Phi) is 3.69. The molecule has 0 saturated carbocycles. The molecule has 0 saturated heterocycles. The summed E-state index contributed by atoms with van der Waals surface area (Å²) < 4.78 is 6.48. The van der Waals surface area contributed by atoms with Crippen molar-refractivity contribution in [2.24, 2.45) is 0 Å². The molecular weight excluding hydrogens is 276 g/mol. The van der Waals surface area contributed by atoms with Crippen molar-refractivity contribution in [3.8, 4) is 0 Å². The molecule has 0 unspecified atom stereocenters. The molecule has 0 aliphatic heterocycles. The van der Waals surface area contributed by atoms with Crippen molar-refractivity contribution < 1.29 is 9.53 Å². The first-order valence-electron chi connectivity index (χ1n) is 6.46. The number of aryl methyl sites for hydroxylation is 2. The molecule has 5 nitrogen and oxygen atoms in total. The maximum absolute atomic E-state index is 12.6. The largest absolute Gasteiger partial charge is 0.464 e. The lowest BCUT2D eigenvalue weighted by atomic mass is 10.1. The smallest absolute Gasteiger partial charge is 0.331 e. The Labute approximate surface area is 121 Å². The highest BCUT2D eigenvalue weighted by Gasteiger charge is 2.34. The predicted octanol–water partition coefficient (Wildman–Crippen LogP) is 2.37. The Balaban J connectivity index is 2.71. The van der Waals surface area contributed by atoms with E-state index in [1.807, 2.05) is 13.0 Å². The summed E-state index contributed by atoms with van der Waals surface area (Å²) in [5.74, 6) is 0.0840. The van der Waals surface area contributed by atoms with E-state index in [1.165, 1.54) is 15.9 Å². The lowest BCUT2D eigenvalue weighted by Crippen LogP contribution is -2.45. The highest BCUT2D eigenvalue weighted by Crippen LogP contribution is 2.23. The highest BCUT2D eigenvalue weighted by molar-refractivity contribution is 7.18. The fourth-order valence-corrected chi connectivity index (χ4v) is 3.18. The zero-order valence-electron chi connectivity index (χ0n) is 12.3. The van der Waals surface area contributed by atoms with Crippen molar-refractivity contribution in [1.82, 2.24) is 9.55 Å². The van der Waals surface area contributed by atoms with E-state index in [0.29, 0.717) is 16.0 Å².